The van der Waals surface area contributed by atoms with Gasteiger partial charge < -0.3 is 5.32 Å². The molecule has 6 heteroatoms. The van der Waals surface area contributed by atoms with E-state index >= 15 is 0 Å². The molecule has 0 saturated carbocycles. The Morgan fingerprint density at radius 2 is 2.04 bits per heavy atom. The van der Waals surface area contributed by atoms with Crippen molar-refractivity contribution < 1.29 is 0 Å². The lowest BCUT2D eigenvalue weighted by Gasteiger charge is -2.02. The fourth-order valence-corrected chi connectivity index (χ4v) is 3.76. The summed E-state index contributed by atoms with van der Waals surface area (Å²) >= 11 is 3.15. The molecule has 2 aromatic carbocycles. The van der Waals surface area contributed by atoms with Gasteiger partial charge in [0, 0.05) is 11.4 Å². The van der Waals surface area contributed by atoms with E-state index in [1.165, 1.54) is 16.9 Å². The number of aromatic nitrogens is 2. The molecule has 3 rings (SSSR count). The molecule has 0 aliphatic carbocycles. The lowest BCUT2D eigenvalue weighted by molar-refractivity contribution is 1.01. The van der Waals surface area contributed by atoms with Crippen LogP contribution in [0.2, 0.25) is 0 Å². The van der Waals surface area contributed by atoms with Crippen molar-refractivity contribution in [1.29, 1.82) is 5.26 Å². The van der Waals surface area contributed by atoms with Crippen molar-refractivity contribution in [3.8, 4) is 6.07 Å². The van der Waals surface area contributed by atoms with Crippen molar-refractivity contribution in [3.05, 3.63) is 65.2 Å². The number of anilines is 2. The molecule has 0 aliphatic rings. The average Bonchev–Trinajstić information content (AvgIpc) is 3.00. The van der Waals surface area contributed by atoms with Crippen LogP contribution in [0.3, 0.4) is 0 Å². The van der Waals surface area contributed by atoms with Gasteiger partial charge in [-0.15, -0.1) is 10.2 Å². The highest BCUT2D eigenvalue weighted by molar-refractivity contribution is 8.00. The zero-order valence-electron chi connectivity index (χ0n) is 12.5. The minimum atomic E-state index is 0.683. The van der Waals surface area contributed by atoms with Crippen LogP contribution in [0.4, 0.5) is 10.8 Å². The predicted octanol–water partition coefficient (Wildman–Crippen LogP) is 4.75. The number of nitrogens with zero attached hydrogens (tertiary/aromatic N) is 3. The molecule has 0 atom stereocenters. The van der Waals surface area contributed by atoms with Crippen LogP contribution in [0.25, 0.3) is 0 Å². The van der Waals surface area contributed by atoms with E-state index in [1.807, 2.05) is 36.4 Å². The highest BCUT2D eigenvalue weighted by Crippen LogP contribution is 2.30. The Morgan fingerprint density at radius 1 is 1.17 bits per heavy atom. The highest BCUT2D eigenvalue weighted by Gasteiger charge is 2.06. The first-order chi connectivity index (χ1) is 11.2. The van der Waals surface area contributed by atoms with Gasteiger partial charge in [-0.3, -0.25) is 0 Å². The summed E-state index contributed by atoms with van der Waals surface area (Å²) in [6.07, 6.45) is 0. The molecule has 3 aromatic rings. The van der Waals surface area contributed by atoms with Crippen molar-refractivity contribution in [2.45, 2.75) is 17.0 Å². The SMILES string of the molecule is Cc1cccc(Nc2nnc(SCc3cccc(C#N)c3)s2)c1. The Labute approximate surface area is 143 Å². The number of hydrogen-bond donors (Lipinski definition) is 1. The van der Waals surface area contributed by atoms with Crippen molar-refractivity contribution in [1.82, 2.24) is 10.2 Å². The molecular formula is C17H14N4S2. The number of rotatable bonds is 5. The molecule has 0 spiro atoms. The van der Waals surface area contributed by atoms with Crippen LogP contribution < -0.4 is 5.32 Å². The number of aryl methyl sites for hydroxylation is 1. The van der Waals surface area contributed by atoms with E-state index < -0.39 is 0 Å². The summed E-state index contributed by atoms with van der Waals surface area (Å²) in [5.41, 5.74) is 4.01. The van der Waals surface area contributed by atoms with E-state index in [9.17, 15) is 0 Å². The Balaban J connectivity index is 1.62. The summed E-state index contributed by atoms with van der Waals surface area (Å²) in [7, 11) is 0. The number of hydrogen-bond acceptors (Lipinski definition) is 6. The Kier molecular flexibility index (Phi) is 4.91. The molecule has 0 aliphatic heterocycles. The lowest BCUT2D eigenvalue weighted by Crippen LogP contribution is -1.89. The normalized spacial score (nSPS) is 10.3. The first kappa shape index (κ1) is 15.5. The quantitative estimate of drug-likeness (QED) is 0.680. The van der Waals surface area contributed by atoms with E-state index in [0.29, 0.717) is 5.56 Å². The van der Waals surface area contributed by atoms with Gasteiger partial charge in [-0.05, 0) is 42.3 Å². The average molecular weight is 338 g/mol. The molecule has 0 bridgehead atoms. The maximum Gasteiger partial charge on any atom is 0.210 e. The number of benzene rings is 2. The van der Waals surface area contributed by atoms with Crippen LogP contribution in [0, 0.1) is 18.3 Å². The summed E-state index contributed by atoms with van der Waals surface area (Å²) in [4.78, 5) is 0. The monoisotopic (exact) mass is 338 g/mol. The van der Waals surface area contributed by atoms with Crippen LogP contribution in [0.15, 0.2) is 52.9 Å². The second-order valence-corrected chi connectivity index (χ2v) is 7.17. The van der Waals surface area contributed by atoms with Crippen LogP contribution in [-0.2, 0) is 5.75 Å². The van der Waals surface area contributed by atoms with Crippen molar-refractivity contribution >= 4 is 33.9 Å². The van der Waals surface area contributed by atoms with Crippen LogP contribution in [0.1, 0.15) is 16.7 Å². The molecule has 4 nitrogen and oxygen atoms in total. The summed E-state index contributed by atoms with van der Waals surface area (Å²) in [5, 5.41) is 21.3. The maximum atomic E-state index is 8.92. The van der Waals surface area contributed by atoms with E-state index in [-0.39, 0.29) is 0 Å². The van der Waals surface area contributed by atoms with Gasteiger partial charge in [-0.25, -0.2) is 0 Å². The molecule has 0 fully saturated rings. The van der Waals surface area contributed by atoms with Crippen molar-refractivity contribution in [2.24, 2.45) is 0 Å². The van der Waals surface area contributed by atoms with Gasteiger partial charge in [-0.2, -0.15) is 5.26 Å². The third kappa shape index (κ3) is 4.31. The van der Waals surface area contributed by atoms with Gasteiger partial charge in [0.15, 0.2) is 4.34 Å². The summed E-state index contributed by atoms with van der Waals surface area (Å²) in [6.45, 7) is 2.06. The van der Waals surface area contributed by atoms with Crippen LogP contribution >= 0.6 is 23.1 Å². The third-order valence-electron chi connectivity index (χ3n) is 3.09. The Bertz CT molecular complexity index is 852. The van der Waals surface area contributed by atoms with Gasteiger partial charge >= 0.3 is 0 Å². The van der Waals surface area contributed by atoms with Gasteiger partial charge in [0.05, 0.1) is 11.6 Å². The lowest BCUT2D eigenvalue weighted by atomic mass is 10.2. The fourth-order valence-electron chi connectivity index (χ4n) is 2.04. The fraction of sp³-hybridized carbons (Fsp3) is 0.118. The Morgan fingerprint density at radius 3 is 2.87 bits per heavy atom. The van der Waals surface area contributed by atoms with Crippen molar-refractivity contribution in [3.63, 3.8) is 0 Å². The molecule has 1 N–H and O–H groups in total. The molecule has 23 heavy (non-hydrogen) atoms. The van der Waals surface area contributed by atoms with Crippen LogP contribution in [-0.4, -0.2) is 10.2 Å². The molecule has 0 saturated heterocycles. The van der Waals surface area contributed by atoms with Gasteiger partial charge in [0.25, 0.3) is 0 Å². The molecule has 0 unspecified atom stereocenters. The molecule has 1 heterocycles. The summed E-state index contributed by atoms with van der Waals surface area (Å²) < 4.78 is 0.905. The Hall–Kier alpha value is -2.36. The molecule has 114 valence electrons. The van der Waals surface area contributed by atoms with Gasteiger partial charge in [0.1, 0.15) is 0 Å². The first-order valence-corrected chi connectivity index (χ1v) is 8.82. The molecule has 0 radical (unpaired) electrons. The highest BCUT2D eigenvalue weighted by atomic mass is 32.2. The zero-order chi connectivity index (χ0) is 16.1. The summed E-state index contributed by atoms with van der Waals surface area (Å²) in [5.74, 6) is 0.772. The standard InChI is InChI=1S/C17H14N4S2/c1-12-4-2-7-15(8-12)19-16-20-21-17(23-16)22-11-14-6-3-5-13(9-14)10-18/h2-9H,11H2,1H3,(H,19,20). The van der Waals surface area contributed by atoms with E-state index in [1.54, 1.807) is 11.8 Å². The molecular weight excluding hydrogens is 324 g/mol. The maximum absolute atomic E-state index is 8.92. The van der Waals surface area contributed by atoms with Crippen LogP contribution in [0.5, 0.6) is 0 Å². The second kappa shape index (κ2) is 7.27. The summed E-state index contributed by atoms with van der Waals surface area (Å²) in [6, 6.07) is 17.9. The minimum absolute atomic E-state index is 0.683. The number of nitrogens with one attached hydrogen (secondary N) is 1. The predicted molar refractivity (Wildman–Crippen MR) is 95.1 cm³/mol. The zero-order valence-corrected chi connectivity index (χ0v) is 14.1. The first-order valence-electron chi connectivity index (χ1n) is 7.02. The number of nitriles is 1. The van der Waals surface area contributed by atoms with Gasteiger partial charge in [-0.1, -0.05) is 47.4 Å². The third-order valence-corrected chi connectivity index (χ3v) is 5.14. The molecule has 0 amide bonds. The minimum Gasteiger partial charge on any atom is -0.330 e. The van der Waals surface area contributed by atoms with E-state index in [0.717, 1.165) is 26.5 Å². The van der Waals surface area contributed by atoms with E-state index in [4.69, 9.17) is 5.26 Å². The smallest absolute Gasteiger partial charge is 0.210 e. The largest absolute Gasteiger partial charge is 0.330 e. The van der Waals surface area contributed by atoms with E-state index in [2.05, 4.69) is 40.6 Å². The number of thioether (sulfide) groups is 1. The topological polar surface area (TPSA) is 61.6 Å². The molecule has 1 aromatic heterocycles. The van der Waals surface area contributed by atoms with Crippen molar-refractivity contribution in [2.75, 3.05) is 5.32 Å². The van der Waals surface area contributed by atoms with Gasteiger partial charge in [0.2, 0.25) is 5.13 Å². The second-order valence-electron chi connectivity index (χ2n) is 4.97.